The van der Waals surface area contributed by atoms with Crippen LogP contribution in [0.5, 0.6) is 0 Å². The van der Waals surface area contributed by atoms with Crippen LogP contribution in [0, 0.1) is 0 Å². The quantitative estimate of drug-likeness (QED) is 0.505. The summed E-state index contributed by atoms with van der Waals surface area (Å²) in [5.41, 5.74) is 0.734. The lowest BCUT2D eigenvalue weighted by Gasteiger charge is -1.94. The molecular formula is C8H9N5. The van der Waals surface area contributed by atoms with Crippen LogP contribution in [-0.4, -0.2) is 27.1 Å². The average molecular weight is 175 g/mol. The summed E-state index contributed by atoms with van der Waals surface area (Å²) >= 11 is 0. The molecule has 1 rings (SSSR count). The molecule has 0 atom stereocenters. The van der Waals surface area contributed by atoms with Crippen LogP contribution in [0.4, 0.5) is 0 Å². The first-order chi connectivity index (χ1) is 6.38. The number of aliphatic imine (C=N–C) groups is 1. The topological polar surface area (TPSA) is 63.9 Å². The second kappa shape index (κ2) is 4.87. The Hall–Kier alpha value is -1.91. The number of aromatic nitrogens is 4. The lowest BCUT2D eigenvalue weighted by atomic mass is 10.2. The molecule has 0 saturated carbocycles. The van der Waals surface area contributed by atoms with Gasteiger partial charge in [-0.1, -0.05) is 12.2 Å². The van der Waals surface area contributed by atoms with Crippen LogP contribution in [-0.2, 0) is 0 Å². The molecular weight excluding hydrogens is 166 g/mol. The first-order valence-corrected chi connectivity index (χ1v) is 3.68. The Labute approximate surface area is 76.0 Å². The maximum atomic E-state index is 3.79. The van der Waals surface area contributed by atoms with Gasteiger partial charge in [0.15, 0.2) is 6.33 Å². The highest BCUT2D eigenvalue weighted by Crippen LogP contribution is 2.08. The van der Waals surface area contributed by atoms with Gasteiger partial charge in [-0.05, 0) is 13.6 Å². The zero-order valence-corrected chi connectivity index (χ0v) is 7.25. The standard InChI is InChI=1S/C8H9N5/c1-3-4-7(5-9-2)8-12-10-6-11-13-8/h3-6H,2H2,1H3/b4-3-,7-5+. The van der Waals surface area contributed by atoms with Gasteiger partial charge in [-0.3, -0.25) is 4.99 Å². The minimum absolute atomic E-state index is 0.438. The molecule has 0 N–H and O–H groups in total. The molecule has 0 fully saturated rings. The van der Waals surface area contributed by atoms with Crippen molar-refractivity contribution < 1.29 is 0 Å². The molecule has 0 bridgehead atoms. The number of hydrogen-bond acceptors (Lipinski definition) is 5. The Morgan fingerprint density at radius 2 is 2.15 bits per heavy atom. The van der Waals surface area contributed by atoms with Gasteiger partial charge in [0.05, 0.1) is 0 Å². The van der Waals surface area contributed by atoms with E-state index in [0.29, 0.717) is 5.82 Å². The summed E-state index contributed by atoms with van der Waals surface area (Å²) in [6, 6.07) is 0. The van der Waals surface area contributed by atoms with E-state index in [9.17, 15) is 0 Å². The normalized spacial score (nSPS) is 11.9. The van der Waals surface area contributed by atoms with Gasteiger partial charge in [0, 0.05) is 11.8 Å². The largest absolute Gasteiger partial charge is 0.272 e. The van der Waals surface area contributed by atoms with Gasteiger partial charge >= 0.3 is 0 Å². The predicted molar refractivity (Wildman–Crippen MR) is 50.0 cm³/mol. The van der Waals surface area contributed by atoms with Gasteiger partial charge < -0.3 is 0 Å². The molecule has 0 aliphatic rings. The predicted octanol–water partition coefficient (Wildman–Crippen LogP) is 0.884. The number of allylic oxidation sites excluding steroid dienone is 3. The van der Waals surface area contributed by atoms with Gasteiger partial charge in [0.1, 0.15) is 0 Å². The van der Waals surface area contributed by atoms with E-state index in [1.54, 1.807) is 6.20 Å². The molecule has 13 heavy (non-hydrogen) atoms. The zero-order chi connectivity index (χ0) is 9.52. The summed E-state index contributed by atoms with van der Waals surface area (Å²) in [5.74, 6) is 0.438. The Balaban J connectivity index is 3.03. The molecule has 1 aromatic rings. The third-order valence-corrected chi connectivity index (χ3v) is 1.24. The monoisotopic (exact) mass is 175 g/mol. The Bertz CT molecular complexity index is 328. The molecule has 0 saturated heterocycles. The van der Waals surface area contributed by atoms with Gasteiger partial charge in [0.25, 0.3) is 0 Å². The van der Waals surface area contributed by atoms with E-state index in [1.807, 2.05) is 19.1 Å². The molecule has 0 spiro atoms. The molecule has 0 unspecified atom stereocenters. The Kier molecular flexibility index (Phi) is 3.44. The smallest absolute Gasteiger partial charge is 0.205 e. The van der Waals surface area contributed by atoms with E-state index in [4.69, 9.17) is 0 Å². The maximum Gasteiger partial charge on any atom is 0.205 e. The third-order valence-electron chi connectivity index (χ3n) is 1.24. The fourth-order valence-electron chi connectivity index (χ4n) is 0.773. The van der Waals surface area contributed by atoms with Gasteiger partial charge in [-0.25, -0.2) is 0 Å². The van der Waals surface area contributed by atoms with Crippen molar-refractivity contribution in [2.24, 2.45) is 4.99 Å². The van der Waals surface area contributed by atoms with Crippen molar-refractivity contribution in [1.29, 1.82) is 0 Å². The van der Waals surface area contributed by atoms with Crippen molar-refractivity contribution >= 4 is 12.3 Å². The number of nitrogens with zero attached hydrogens (tertiary/aromatic N) is 5. The molecule has 0 aromatic carbocycles. The molecule has 1 aromatic heterocycles. The maximum absolute atomic E-state index is 3.79. The second-order valence-electron chi connectivity index (χ2n) is 2.14. The van der Waals surface area contributed by atoms with Crippen LogP contribution in [0.3, 0.4) is 0 Å². The highest BCUT2D eigenvalue weighted by Gasteiger charge is 2.00. The molecule has 0 amide bonds. The molecule has 5 nitrogen and oxygen atoms in total. The van der Waals surface area contributed by atoms with E-state index in [-0.39, 0.29) is 0 Å². The summed E-state index contributed by atoms with van der Waals surface area (Å²) in [7, 11) is 0. The van der Waals surface area contributed by atoms with E-state index in [0.717, 1.165) is 5.57 Å². The third kappa shape index (κ3) is 2.55. The molecule has 0 radical (unpaired) electrons. The van der Waals surface area contributed by atoms with Gasteiger partial charge in [-0.15, -0.1) is 20.4 Å². The van der Waals surface area contributed by atoms with E-state index in [1.165, 1.54) is 6.33 Å². The highest BCUT2D eigenvalue weighted by atomic mass is 15.3. The van der Waals surface area contributed by atoms with E-state index in [2.05, 4.69) is 32.1 Å². The Morgan fingerprint density at radius 3 is 2.69 bits per heavy atom. The van der Waals surface area contributed by atoms with Gasteiger partial charge in [0.2, 0.25) is 5.82 Å². The summed E-state index contributed by atoms with van der Waals surface area (Å²) in [6.45, 7) is 5.24. The fourth-order valence-corrected chi connectivity index (χ4v) is 0.773. The summed E-state index contributed by atoms with van der Waals surface area (Å²) in [6.07, 6.45) is 6.50. The van der Waals surface area contributed by atoms with E-state index >= 15 is 0 Å². The molecule has 5 heteroatoms. The lowest BCUT2D eigenvalue weighted by molar-refractivity contribution is 0.834. The lowest BCUT2D eigenvalue weighted by Crippen LogP contribution is -1.96. The van der Waals surface area contributed by atoms with Crippen molar-refractivity contribution in [2.75, 3.05) is 0 Å². The minimum Gasteiger partial charge on any atom is -0.272 e. The summed E-state index contributed by atoms with van der Waals surface area (Å²) < 4.78 is 0. The van der Waals surface area contributed by atoms with Crippen molar-refractivity contribution in [3.63, 3.8) is 0 Å². The van der Waals surface area contributed by atoms with Crippen LogP contribution >= 0.6 is 0 Å². The van der Waals surface area contributed by atoms with Crippen molar-refractivity contribution in [2.45, 2.75) is 6.92 Å². The van der Waals surface area contributed by atoms with Crippen LogP contribution in [0.15, 0.2) is 29.7 Å². The summed E-state index contributed by atoms with van der Waals surface area (Å²) in [4.78, 5) is 3.63. The van der Waals surface area contributed by atoms with Crippen LogP contribution in [0.2, 0.25) is 0 Å². The van der Waals surface area contributed by atoms with Crippen molar-refractivity contribution in [3.05, 3.63) is 30.5 Å². The molecule has 0 aliphatic heterocycles. The highest BCUT2D eigenvalue weighted by molar-refractivity contribution is 5.68. The summed E-state index contributed by atoms with van der Waals surface area (Å²) in [5, 5.41) is 14.8. The number of hydrogen-bond donors (Lipinski definition) is 0. The molecule has 1 heterocycles. The minimum atomic E-state index is 0.438. The average Bonchev–Trinajstić information content (AvgIpc) is 2.19. The number of rotatable bonds is 3. The second-order valence-corrected chi connectivity index (χ2v) is 2.14. The Morgan fingerprint density at radius 1 is 1.46 bits per heavy atom. The fraction of sp³-hybridized carbons (Fsp3) is 0.125. The first kappa shape index (κ1) is 9.18. The zero-order valence-electron chi connectivity index (χ0n) is 7.25. The van der Waals surface area contributed by atoms with Crippen LogP contribution < -0.4 is 0 Å². The molecule has 66 valence electrons. The SMILES string of the molecule is C=N/C=C(\C=C/C)c1nncnn1. The van der Waals surface area contributed by atoms with Crippen molar-refractivity contribution in [3.8, 4) is 0 Å². The van der Waals surface area contributed by atoms with Crippen LogP contribution in [0.1, 0.15) is 12.7 Å². The van der Waals surface area contributed by atoms with Gasteiger partial charge in [-0.2, -0.15) is 0 Å². The first-order valence-electron chi connectivity index (χ1n) is 3.68. The van der Waals surface area contributed by atoms with Crippen LogP contribution in [0.25, 0.3) is 5.57 Å². The van der Waals surface area contributed by atoms with Crippen molar-refractivity contribution in [1.82, 2.24) is 20.4 Å². The van der Waals surface area contributed by atoms with E-state index < -0.39 is 0 Å². The molecule has 0 aliphatic carbocycles.